The van der Waals surface area contributed by atoms with Gasteiger partial charge in [-0.25, -0.2) is 0 Å². The number of nitrogens with zero attached hydrogens (tertiary/aromatic N) is 1. The van der Waals surface area contributed by atoms with Crippen molar-refractivity contribution in [3.63, 3.8) is 0 Å². The summed E-state index contributed by atoms with van der Waals surface area (Å²) < 4.78 is 4.91. The molecule has 8 nitrogen and oxygen atoms in total. The van der Waals surface area contributed by atoms with E-state index in [1.54, 1.807) is 18.2 Å². The number of hydrogen-bond acceptors (Lipinski definition) is 5. The summed E-state index contributed by atoms with van der Waals surface area (Å²) in [5, 5.41) is 22.4. The molecule has 0 aliphatic heterocycles. The van der Waals surface area contributed by atoms with Crippen LogP contribution >= 0.6 is 0 Å². The summed E-state index contributed by atoms with van der Waals surface area (Å²) >= 11 is 0. The molecule has 0 radical (unpaired) electrons. The number of aryl methyl sites for hydroxylation is 1. The molecule has 0 atom stereocenters. The number of nitrogens with one attached hydrogen (secondary N) is 1. The monoisotopic (exact) mass is 358 g/mol. The highest BCUT2D eigenvalue weighted by atomic mass is 16.6. The molecule has 1 amide bonds. The smallest absolute Gasteiger partial charge is 0.311 e. The van der Waals surface area contributed by atoms with E-state index in [4.69, 9.17) is 9.84 Å². The normalized spacial score (nSPS) is 10.2. The highest BCUT2D eigenvalue weighted by Crippen LogP contribution is 2.28. The van der Waals surface area contributed by atoms with Crippen molar-refractivity contribution in [2.75, 3.05) is 12.4 Å². The molecule has 8 heteroatoms. The van der Waals surface area contributed by atoms with Crippen molar-refractivity contribution >= 4 is 23.3 Å². The highest BCUT2D eigenvalue weighted by Gasteiger charge is 2.18. The summed E-state index contributed by atoms with van der Waals surface area (Å²) in [6.45, 7) is 0. The van der Waals surface area contributed by atoms with Crippen LogP contribution in [0.15, 0.2) is 42.5 Å². The number of amides is 1. The van der Waals surface area contributed by atoms with Crippen LogP contribution in [0.3, 0.4) is 0 Å². The number of benzene rings is 2. The molecule has 2 aromatic carbocycles. The molecular weight excluding hydrogens is 340 g/mol. The molecule has 0 unspecified atom stereocenters. The lowest BCUT2D eigenvalue weighted by atomic mass is 10.1. The zero-order chi connectivity index (χ0) is 19.1. The fourth-order valence-electron chi connectivity index (χ4n) is 2.43. The number of carbonyl (C=O) groups excluding carboxylic acids is 1. The minimum absolute atomic E-state index is 0.0755. The van der Waals surface area contributed by atoms with Gasteiger partial charge in [-0.2, -0.15) is 0 Å². The van der Waals surface area contributed by atoms with Crippen LogP contribution < -0.4 is 10.1 Å². The SMILES string of the molecule is COc1ccc(C(=O)Nc2cccc(CCCC(=O)O)c2)cc1[N+](=O)[O-]. The molecule has 26 heavy (non-hydrogen) atoms. The van der Waals surface area contributed by atoms with Gasteiger partial charge in [-0.05, 0) is 42.7 Å². The summed E-state index contributed by atoms with van der Waals surface area (Å²) in [5.74, 6) is -1.26. The van der Waals surface area contributed by atoms with Crippen molar-refractivity contribution in [1.29, 1.82) is 0 Å². The lowest BCUT2D eigenvalue weighted by Gasteiger charge is -2.08. The van der Waals surface area contributed by atoms with Crippen LogP contribution in [0.1, 0.15) is 28.8 Å². The molecule has 0 saturated carbocycles. The third kappa shape index (κ3) is 5.04. The van der Waals surface area contributed by atoms with Gasteiger partial charge in [-0.15, -0.1) is 0 Å². The van der Waals surface area contributed by atoms with Gasteiger partial charge in [0.15, 0.2) is 5.75 Å². The molecule has 0 aliphatic carbocycles. The number of nitro benzene ring substituents is 1. The zero-order valence-electron chi connectivity index (χ0n) is 14.1. The highest BCUT2D eigenvalue weighted by molar-refractivity contribution is 6.04. The molecule has 0 aromatic heterocycles. The molecule has 136 valence electrons. The van der Waals surface area contributed by atoms with Crippen LogP contribution in [0.4, 0.5) is 11.4 Å². The standard InChI is InChI=1S/C18H18N2O6/c1-26-16-9-8-13(11-15(16)20(24)25)18(23)19-14-6-2-4-12(10-14)5-3-7-17(21)22/h2,4,6,8-11H,3,5,7H2,1H3,(H,19,23)(H,21,22). The number of aliphatic carboxylic acids is 1. The van der Waals surface area contributed by atoms with Crippen LogP contribution in [-0.4, -0.2) is 29.0 Å². The number of rotatable bonds is 8. The number of carboxylic acid groups (broad SMARTS) is 1. The van der Waals surface area contributed by atoms with Crippen LogP contribution in [0.5, 0.6) is 5.75 Å². The van der Waals surface area contributed by atoms with Gasteiger partial charge in [0.2, 0.25) is 0 Å². The van der Waals surface area contributed by atoms with Crippen LogP contribution in [-0.2, 0) is 11.2 Å². The Hall–Kier alpha value is -3.42. The topological polar surface area (TPSA) is 119 Å². The Kier molecular flexibility index (Phi) is 6.26. The second-order valence-corrected chi connectivity index (χ2v) is 5.55. The lowest BCUT2D eigenvalue weighted by Crippen LogP contribution is -2.12. The van der Waals surface area contributed by atoms with E-state index in [1.807, 2.05) is 6.07 Å². The zero-order valence-corrected chi connectivity index (χ0v) is 14.1. The molecule has 2 aromatic rings. The van der Waals surface area contributed by atoms with E-state index in [1.165, 1.54) is 19.2 Å². The maximum absolute atomic E-state index is 12.4. The van der Waals surface area contributed by atoms with E-state index >= 15 is 0 Å². The molecular formula is C18H18N2O6. The Balaban J connectivity index is 2.11. The number of carboxylic acids is 1. The van der Waals surface area contributed by atoms with E-state index in [-0.39, 0.29) is 23.4 Å². The van der Waals surface area contributed by atoms with Crippen LogP contribution in [0.25, 0.3) is 0 Å². The van der Waals surface area contributed by atoms with E-state index in [0.29, 0.717) is 18.5 Å². The maximum Gasteiger partial charge on any atom is 0.311 e. The van der Waals surface area contributed by atoms with Crippen LogP contribution in [0, 0.1) is 10.1 Å². The van der Waals surface area contributed by atoms with Gasteiger partial charge in [-0.3, -0.25) is 19.7 Å². The Bertz CT molecular complexity index is 834. The quantitative estimate of drug-likeness (QED) is 0.552. The number of nitro groups is 1. The first-order valence-electron chi connectivity index (χ1n) is 7.85. The first-order valence-corrected chi connectivity index (χ1v) is 7.85. The Morgan fingerprint density at radius 2 is 2.00 bits per heavy atom. The molecule has 0 heterocycles. The van der Waals surface area contributed by atoms with Crippen molar-refractivity contribution in [2.24, 2.45) is 0 Å². The summed E-state index contributed by atoms with van der Waals surface area (Å²) in [6, 6.07) is 11.0. The fraction of sp³-hybridized carbons (Fsp3) is 0.222. The first kappa shape index (κ1) is 18.9. The molecule has 0 fully saturated rings. The third-order valence-electron chi connectivity index (χ3n) is 3.68. The van der Waals surface area contributed by atoms with E-state index in [0.717, 1.165) is 11.6 Å². The first-order chi connectivity index (χ1) is 12.4. The minimum atomic E-state index is -0.851. The van der Waals surface area contributed by atoms with Crippen molar-refractivity contribution in [2.45, 2.75) is 19.3 Å². The molecule has 0 saturated heterocycles. The molecule has 0 bridgehead atoms. The predicted octanol–water partition coefficient (Wildman–Crippen LogP) is 3.26. The van der Waals surface area contributed by atoms with Crippen molar-refractivity contribution < 1.29 is 24.4 Å². The van der Waals surface area contributed by atoms with Crippen molar-refractivity contribution in [1.82, 2.24) is 0 Å². The van der Waals surface area contributed by atoms with Crippen molar-refractivity contribution in [3.05, 3.63) is 63.7 Å². The number of ether oxygens (including phenoxy) is 1. The largest absolute Gasteiger partial charge is 0.490 e. The van der Waals surface area contributed by atoms with Gasteiger partial charge in [0.05, 0.1) is 12.0 Å². The van der Waals surface area contributed by atoms with Gasteiger partial charge in [0.1, 0.15) is 0 Å². The average Bonchev–Trinajstić information content (AvgIpc) is 2.61. The summed E-state index contributed by atoms with van der Waals surface area (Å²) in [5.41, 5.74) is 1.27. The van der Waals surface area contributed by atoms with Gasteiger partial charge < -0.3 is 15.2 Å². The van der Waals surface area contributed by atoms with Crippen LogP contribution in [0.2, 0.25) is 0 Å². The van der Waals surface area contributed by atoms with Gasteiger partial charge >= 0.3 is 11.7 Å². The molecule has 2 rings (SSSR count). The fourth-order valence-corrected chi connectivity index (χ4v) is 2.43. The number of anilines is 1. The number of carbonyl (C=O) groups is 2. The van der Waals surface area contributed by atoms with Crippen molar-refractivity contribution in [3.8, 4) is 5.75 Å². The van der Waals surface area contributed by atoms with E-state index in [2.05, 4.69) is 5.32 Å². The lowest BCUT2D eigenvalue weighted by molar-refractivity contribution is -0.385. The molecule has 0 aliphatic rings. The van der Waals surface area contributed by atoms with Gasteiger partial charge in [-0.1, -0.05) is 12.1 Å². The molecule has 2 N–H and O–H groups in total. The van der Waals surface area contributed by atoms with Gasteiger partial charge in [0, 0.05) is 23.7 Å². The number of hydrogen-bond donors (Lipinski definition) is 2. The number of methoxy groups -OCH3 is 1. The summed E-state index contributed by atoms with van der Waals surface area (Å²) in [6.07, 6.45) is 1.15. The maximum atomic E-state index is 12.4. The summed E-state index contributed by atoms with van der Waals surface area (Å²) in [7, 11) is 1.32. The second kappa shape index (κ2) is 8.61. The average molecular weight is 358 g/mol. The predicted molar refractivity (Wildman–Crippen MR) is 94.6 cm³/mol. The Labute approximate surface area is 149 Å². The Morgan fingerprint density at radius 3 is 2.65 bits per heavy atom. The van der Waals surface area contributed by atoms with E-state index in [9.17, 15) is 19.7 Å². The molecule has 0 spiro atoms. The van der Waals surface area contributed by atoms with E-state index < -0.39 is 16.8 Å². The van der Waals surface area contributed by atoms with Gasteiger partial charge in [0.25, 0.3) is 5.91 Å². The Morgan fingerprint density at radius 1 is 1.23 bits per heavy atom. The summed E-state index contributed by atoms with van der Waals surface area (Å²) in [4.78, 5) is 33.4. The third-order valence-corrected chi connectivity index (χ3v) is 3.68. The minimum Gasteiger partial charge on any atom is -0.490 e. The second-order valence-electron chi connectivity index (χ2n) is 5.55.